The molecule has 1 aliphatic rings. The highest BCUT2D eigenvalue weighted by atomic mass is 35.5. The molecule has 0 spiro atoms. The van der Waals surface area contributed by atoms with Gasteiger partial charge in [-0.15, -0.1) is 17.5 Å². The van der Waals surface area contributed by atoms with Gasteiger partial charge in [-0.05, 0) is 44.5 Å². The summed E-state index contributed by atoms with van der Waals surface area (Å²) in [6.45, 7) is 3.80. The molecule has 1 aromatic carbocycles. The predicted octanol–water partition coefficient (Wildman–Crippen LogP) is 2.77. The number of carbonyl (C=O) groups is 1. The van der Waals surface area contributed by atoms with Gasteiger partial charge in [-0.2, -0.15) is 0 Å². The first-order chi connectivity index (χ1) is 12.9. The molecule has 11 heteroatoms. The van der Waals surface area contributed by atoms with Crippen LogP contribution in [0.2, 0.25) is 5.02 Å². The molecule has 1 aliphatic heterocycles. The molecule has 1 amide bonds. The molecule has 152 valence electrons. The van der Waals surface area contributed by atoms with Crippen LogP contribution in [0.1, 0.15) is 40.6 Å². The molecule has 0 unspecified atom stereocenters. The summed E-state index contributed by atoms with van der Waals surface area (Å²) >= 11 is 6.13. The van der Waals surface area contributed by atoms with Crippen molar-refractivity contribution in [2.75, 3.05) is 20.1 Å². The summed E-state index contributed by atoms with van der Waals surface area (Å²) in [6.07, 6.45) is 1.88. The van der Waals surface area contributed by atoms with E-state index in [9.17, 15) is 14.9 Å². The fourth-order valence-corrected chi connectivity index (χ4v) is 3.42. The smallest absolute Gasteiger partial charge is 0.276 e. The van der Waals surface area contributed by atoms with E-state index in [0.717, 1.165) is 31.6 Å². The van der Waals surface area contributed by atoms with Crippen LogP contribution < -0.4 is 5.32 Å². The molecule has 0 atom stereocenters. The van der Waals surface area contributed by atoms with E-state index in [4.69, 9.17) is 11.6 Å². The van der Waals surface area contributed by atoms with Gasteiger partial charge in [0.1, 0.15) is 0 Å². The largest absolute Gasteiger partial charge is 0.336 e. The van der Waals surface area contributed by atoms with E-state index < -0.39 is 4.92 Å². The first-order valence-corrected chi connectivity index (χ1v) is 9.07. The molecule has 0 bridgehead atoms. The molecule has 1 fully saturated rings. The number of aromatic nitrogens is 3. The summed E-state index contributed by atoms with van der Waals surface area (Å²) in [4.78, 5) is 24.7. The van der Waals surface area contributed by atoms with Crippen molar-refractivity contribution in [3.63, 3.8) is 0 Å². The highest BCUT2D eigenvalue weighted by Crippen LogP contribution is 2.24. The van der Waals surface area contributed by atoms with Gasteiger partial charge in [0.05, 0.1) is 16.7 Å². The first kappa shape index (κ1) is 22.1. The van der Waals surface area contributed by atoms with Crippen LogP contribution in [0.3, 0.4) is 0 Å². The minimum atomic E-state index is -0.490. The van der Waals surface area contributed by atoms with Crippen LogP contribution in [-0.4, -0.2) is 50.9 Å². The Balaban J connectivity index is 0.00000280. The van der Waals surface area contributed by atoms with Gasteiger partial charge in [-0.3, -0.25) is 14.9 Å². The highest BCUT2D eigenvalue weighted by molar-refractivity contribution is 6.31. The zero-order valence-electron chi connectivity index (χ0n) is 15.6. The predicted molar refractivity (Wildman–Crippen MR) is 107 cm³/mol. The molecule has 28 heavy (non-hydrogen) atoms. The van der Waals surface area contributed by atoms with E-state index in [0.29, 0.717) is 10.6 Å². The van der Waals surface area contributed by atoms with Crippen LogP contribution in [0.15, 0.2) is 18.2 Å². The number of halogens is 2. The van der Waals surface area contributed by atoms with Gasteiger partial charge < -0.3 is 10.2 Å². The van der Waals surface area contributed by atoms with Crippen LogP contribution in [0.4, 0.5) is 5.69 Å². The number of rotatable bonds is 5. The second-order valence-electron chi connectivity index (χ2n) is 6.64. The summed E-state index contributed by atoms with van der Waals surface area (Å²) in [7, 11) is 1.61. The van der Waals surface area contributed by atoms with Crippen LogP contribution in [-0.2, 0) is 6.54 Å². The van der Waals surface area contributed by atoms with Crippen molar-refractivity contribution < 1.29 is 9.72 Å². The standard InChI is InChI=1S/C17H21ClN6O3.ClH/c1-11-16(20-21-23(11)13-5-7-19-8-6-13)17(25)22(2)10-12-9-14(24(26)27)3-4-15(12)18;/h3-4,9,13,19H,5-8,10H2,1-2H3;1H. The lowest BCUT2D eigenvalue weighted by Gasteiger charge is -2.23. The molecule has 1 N–H and O–H groups in total. The monoisotopic (exact) mass is 428 g/mol. The third-order valence-corrected chi connectivity index (χ3v) is 5.15. The Kier molecular flexibility index (Phi) is 7.34. The Labute approximate surface area is 173 Å². The molecule has 2 aromatic rings. The second kappa shape index (κ2) is 9.31. The minimum Gasteiger partial charge on any atom is -0.336 e. The van der Waals surface area contributed by atoms with Gasteiger partial charge in [0.15, 0.2) is 5.69 Å². The van der Waals surface area contributed by atoms with E-state index in [1.54, 1.807) is 7.05 Å². The molecular formula is C17H22Cl2N6O3. The molecule has 0 radical (unpaired) electrons. The summed E-state index contributed by atoms with van der Waals surface area (Å²) in [5.74, 6) is -0.296. The SMILES string of the molecule is Cc1c(C(=O)N(C)Cc2cc([N+](=O)[O-])ccc2Cl)nnn1C1CCNCC1.Cl. The lowest BCUT2D eigenvalue weighted by atomic mass is 10.1. The van der Waals surface area contributed by atoms with E-state index >= 15 is 0 Å². The highest BCUT2D eigenvalue weighted by Gasteiger charge is 2.25. The Morgan fingerprint density at radius 1 is 1.43 bits per heavy atom. The van der Waals surface area contributed by atoms with Crippen molar-refractivity contribution in [1.29, 1.82) is 0 Å². The zero-order chi connectivity index (χ0) is 19.6. The van der Waals surface area contributed by atoms with Gasteiger partial charge in [-0.1, -0.05) is 16.8 Å². The number of hydrogen-bond acceptors (Lipinski definition) is 6. The van der Waals surface area contributed by atoms with E-state index in [1.807, 2.05) is 11.6 Å². The summed E-state index contributed by atoms with van der Waals surface area (Å²) in [6, 6.07) is 4.41. The van der Waals surface area contributed by atoms with E-state index in [2.05, 4.69) is 15.6 Å². The lowest BCUT2D eigenvalue weighted by molar-refractivity contribution is -0.384. The van der Waals surface area contributed by atoms with Crippen molar-refractivity contribution in [3.05, 3.63) is 50.3 Å². The van der Waals surface area contributed by atoms with Crippen molar-refractivity contribution in [2.45, 2.75) is 32.4 Å². The third kappa shape index (κ3) is 4.60. The Morgan fingerprint density at radius 3 is 2.75 bits per heavy atom. The maximum absolute atomic E-state index is 12.8. The second-order valence-corrected chi connectivity index (χ2v) is 7.05. The maximum atomic E-state index is 12.8. The van der Waals surface area contributed by atoms with Crippen molar-refractivity contribution in [2.24, 2.45) is 0 Å². The molecule has 2 heterocycles. The Morgan fingerprint density at radius 2 is 2.11 bits per heavy atom. The van der Waals surface area contributed by atoms with Gasteiger partial charge in [0.25, 0.3) is 11.6 Å². The van der Waals surface area contributed by atoms with Crippen LogP contribution in [0.5, 0.6) is 0 Å². The van der Waals surface area contributed by atoms with Crippen LogP contribution >= 0.6 is 24.0 Å². The topological polar surface area (TPSA) is 106 Å². The molecule has 1 aromatic heterocycles. The van der Waals surface area contributed by atoms with Gasteiger partial charge in [-0.25, -0.2) is 4.68 Å². The number of nitrogens with one attached hydrogen (secondary N) is 1. The van der Waals surface area contributed by atoms with Gasteiger partial charge >= 0.3 is 0 Å². The number of nitrogens with zero attached hydrogens (tertiary/aromatic N) is 5. The quantitative estimate of drug-likeness (QED) is 0.579. The average Bonchev–Trinajstić information content (AvgIpc) is 3.04. The summed E-state index contributed by atoms with van der Waals surface area (Å²) in [5.41, 5.74) is 1.45. The molecular weight excluding hydrogens is 407 g/mol. The van der Waals surface area contributed by atoms with Crippen LogP contribution in [0, 0.1) is 17.0 Å². The average molecular weight is 429 g/mol. The van der Waals surface area contributed by atoms with Gasteiger partial charge in [0, 0.05) is 30.7 Å². The number of nitro benzene ring substituents is 1. The molecule has 3 rings (SSSR count). The number of piperidine rings is 1. The molecule has 0 aliphatic carbocycles. The van der Waals surface area contributed by atoms with E-state index in [1.165, 1.54) is 23.1 Å². The number of carbonyl (C=O) groups excluding carboxylic acids is 1. The van der Waals surface area contributed by atoms with E-state index in [-0.39, 0.29) is 42.3 Å². The lowest BCUT2D eigenvalue weighted by Crippen LogP contribution is -2.30. The maximum Gasteiger partial charge on any atom is 0.276 e. The number of nitro groups is 1. The molecule has 9 nitrogen and oxygen atoms in total. The normalized spacial score (nSPS) is 14.4. The Hall–Kier alpha value is -2.23. The number of amides is 1. The van der Waals surface area contributed by atoms with Crippen molar-refractivity contribution >= 4 is 35.6 Å². The van der Waals surface area contributed by atoms with Crippen LogP contribution in [0.25, 0.3) is 0 Å². The minimum absolute atomic E-state index is 0. The fraction of sp³-hybridized carbons (Fsp3) is 0.471. The first-order valence-electron chi connectivity index (χ1n) is 8.69. The fourth-order valence-electron chi connectivity index (χ4n) is 3.24. The molecule has 0 saturated carbocycles. The Bertz CT molecular complexity index is 867. The summed E-state index contributed by atoms with van der Waals surface area (Å²) in [5, 5.41) is 22.9. The number of non-ortho nitro benzene ring substituents is 1. The molecule has 1 saturated heterocycles. The zero-order valence-corrected chi connectivity index (χ0v) is 17.2. The number of benzene rings is 1. The van der Waals surface area contributed by atoms with Crippen molar-refractivity contribution in [1.82, 2.24) is 25.2 Å². The third-order valence-electron chi connectivity index (χ3n) is 4.78. The number of hydrogen-bond donors (Lipinski definition) is 1. The van der Waals surface area contributed by atoms with Crippen molar-refractivity contribution in [3.8, 4) is 0 Å². The van der Waals surface area contributed by atoms with Gasteiger partial charge in [0.2, 0.25) is 0 Å². The summed E-state index contributed by atoms with van der Waals surface area (Å²) < 4.78 is 1.82.